The molecule has 0 rings (SSSR count). The fourth-order valence-electron chi connectivity index (χ4n) is 2.85. The largest absolute Gasteiger partial charge is 0.748 e. The van der Waals surface area contributed by atoms with Crippen molar-refractivity contribution in [3.63, 3.8) is 0 Å². The number of rotatable bonds is 17. The van der Waals surface area contributed by atoms with Gasteiger partial charge in [0.05, 0.1) is 30.8 Å². The third kappa shape index (κ3) is 18.2. The van der Waals surface area contributed by atoms with Crippen molar-refractivity contribution in [2.45, 2.75) is 71.1 Å². The molecule has 27 heavy (non-hydrogen) atoms. The Balaban J connectivity index is 3.47. The summed E-state index contributed by atoms with van der Waals surface area (Å²) in [5.41, 5.74) is 0.440. The van der Waals surface area contributed by atoms with Crippen molar-refractivity contribution in [3.8, 4) is 0 Å². The van der Waals surface area contributed by atoms with Crippen molar-refractivity contribution in [1.29, 1.82) is 0 Å². The molecule has 0 saturated heterocycles. The van der Waals surface area contributed by atoms with Gasteiger partial charge in [0.1, 0.15) is 13.2 Å². The number of esters is 1. The van der Waals surface area contributed by atoms with E-state index in [4.69, 9.17) is 4.74 Å². The van der Waals surface area contributed by atoms with Crippen LogP contribution in [0, 0.1) is 0 Å². The van der Waals surface area contributed by atoms with Gasteiger partial charge in [0, 0.05) is 11.3 Å². The molecule has 0 saturated carbocycles. The Morgan fingerprint density at radius 3 is 1.78 bits per heavy atom. The zero-order valence-corrected chi connectivity index (χ0v) is 18.3. The lowest BCUT2D eigenvalue weighted by atomic mass is 10.1. The van der Waals surface area contributed by atoms with Gasteiger partial charge in [-0.15, -0.1) is 0 Å². The molecule has 0 atom stereocenters. The normalized spacial score (nSPS) is 12.1. The number of hydrogen-bond donors (Lipinski definition) is 0. The summed E-state index contributed by atoms with van der Waals surface area (Å²) in [6.45, 7) is 7.55. The van der Waals surface area contributed by atoms with E-state index in [0.717, 1.165) is 36.8 Å². The molecule has 7 heteroatoms. The maximum absolute atomic E-state index is 11.4. The second-order valence-electron chi connectivity index (χ2n) is 8.10. The first kappa shape index (κ1) is 26.1. The zero-order chi connectivity index (χ0) is 20.8. The molecule has 0 N–H and O–H groups in total. The van der Waals surface area contributed by atoms with E-state index in [1.165, 1.54) is 38.5 Å². The van der Waals surface area contributed by atoms with E-state index in [0.29, 0.717) is 18.6 Å². The molecule has 0 aromatic heterocycles. The van der Waals surface area contributed by atoms with Crippen molar-refractivity contribution in [1.82, 2.24) is 0 Å². The van der Waals surface area contributed by atoms with E-state index in [1.54, 1.807) is 6.92 Å². The van der Waals surface area contributed by atoms with Gasteiger partial charge in [0.15, 0.2) is 0 Å². The summed E-state index contributed by atoms with van der Waals surface area (Å²) in [6.07, 6.45) is 10.7. The Hall–Kier alpha value is -0.920. The highest BCUT2D eigenvalue weighted by molar-refractivity contribution is 7.85. The molecule has 0 aliphatic heterocycles. The molecule has 0 fully saturated rings. The third-order valence-corrected chi connectivity index (χ3v) is 5.47. The number of carbonyl (C=O) groups is 1. The molecule has 0 amide bonds. The molecule has 0 unspecified atom stereocenters. The lowest BCUT2D eigenvalue weighted by molar-refractivity contribution is -0.890. The maximum Gasteiger partial charge on any atom is 0.333 e. The topological polar surface area (TPSA) is 83.5 Å². The fraction of sp³-hybridized carbons (Fsp3) is 0.850. The molecule has 0 spiro atoms. The molecule has 0 bridgehead atoms. The number of unbranched alkanes of at least 4 members (excludes halogenated alkanes) is 9. The van der Waals surface area contributed by atoms with Gasteiger partial charge in [0.2, 0.25) is 0 Å². The van der Waals surface area contributed by atoms with Gasteiger partial charge < -0.3 is 13.8 Å². The first-order valence-corrected chi connectivity index (χ1v) is 11.7. The van der Waals surface area contributed by atoms with Crippen LogP contribution in [0.4, 0.5) is 0 Å². The number of carbonyl (C=O) groups excluding carboxylic acids is 1. The van der Waals surface area contributed by atoms with E-state index in [1.807, 2.05) is 0 Å². The van der Waals surface area contributed by atoms with Crippen LogP contribution < -0.4 is 0 Å². The van der Waals surface area contributed by atoms with Crippen LogP contribution in [0.2, 0.25) is 0 Å². The lowest BCUT2D eigenvalue weighted by Crippen LogP contribution is -2.43. The smallest absolute Gasteiger partial charge is 0.333 e. The van der Waals surface area contributed by atoms with Crippen LogP contribution in [0.3, 0.4) is 0 Å². The summed E-state index contributed by atoms with van der Waals surface area (Å²) in [5.74, 6) is -0.538. The molecule has 0 aromatic carbocycles. The Kier molecular flexibility index (Phi) is 13.6. The fourth-order valence-corrected chi connectivity index (χ4v) is 3.41. The van der Waals surface area contributed by atoms with Crippen LogP contribution in [0.15, 0.2) is 12.2 Å². The lowest BCUT2D eigenvalue weighted by Gasteiger charge is -2.29. The quantitative estimate of drug-likeness (QED) is 0.121. The Bertz CT molecular complexity index is 528. The van der Waals surface area contributed by atoms with Crippen LogP contribution in [0.25, 0.3) is 0 Å². The van der Waals surface area contributed by atoms with Gasteiger partial charge >= 0.3 is 5.97 Å². The van der Waals surface area contributed by atoms with Gasteiger partial charge in [-0.25, -0.2) is 13.2 Å². The molecular weight excluding hydrogens is 366 g/mol. The average molecular weight is 406 g/mol. The molecule has 0 radical (unpaired) electrons. The molecule has 0 aromatic rings. The summed E-state index contributed by atoms with van der Waals surface area (Å²) < 4.78 is 37.4. The van der Waals surface area contributed by atoms with Gasteiger partial charge in [-0.2, -0.15) is 0 Å². The molecule has 0 heterocycles. The van der Waals surface area contributed by atoms with Crippen molar-refractivity contribution in [2.75, 3.05) is 39.5 Å². The Morgan fingerprint density at radius 2 is 1.33 bits per heavy atom. The second-order valence-corrected chi connectivity index (χ2v) is 9.62. The van der Waals surface area contributed by atoms with E-state index < -0.39 is 10.1 Å². The Morgan fingerprint density at radius 1 is 0.889 bits per heavy atom. The summed E-state index contributed by atoms with van der Waals surface area (Å²) in [5, 5.41) is 0. The zero-order valence-electron chi connectivity index (χ0n) is 17.5. The summed E-state index contributed by atoms with van der Waals surface area (Å²) in [6, 6.07) is 0. The minimum atomic E-state index is -4.03. The van der Waals surface area contributed by atoms with Crippen LogP contribution >= 0.6 is 0 Å². The van der Waals surface area contributed by atoms with Crippen LogP contribution in [-0.2, 0) is 19.6 Å². The highest BCUT2D eigenvalue weighted by Crippen LogP contribution is 2.12. The van der Waals surface area contributed by atoms with E-state index in [-0.39, 0.29) is 11.7 Å². The summed E-state index contributed by atoms with van der Waals surface area (Å²) >= 11 is 0. The van der Waals surface area contributed by atoms with Crippen LogP contribution in [0.1, 0.15) is 71.1 Å². The summed E-state index contributed by atoms with van der Waals surface area (Å²) in [7, 11) is 0.284. The van der Waals surface area contributed by atoms with Gasteiger partial charge in [-0.05, 0) is 26.2 Å². The standard InChI is InChI=1S/C20H39NO5S/c1-19(2)20(22)26-17-16-21(3,4)15-13-11-9-7-5-6-8-10-12-14-18-27(23,24)25/h1,5-18H2,2-4H3. The molecule has 0 aliphatic rings. The average Bonchev–Trinajstić information content (AvgIpc) is 2.54. The predicted molar refractivity (Wildman–Crippen MR) is 108 cm³/mol. The molecule has 0 aliphatic carbocycles. The van der Waals surface area contributed by atoms with E-state index in [9.17, 15) is 17.8 Å². The minimum absolute atomic E-state index is 0.224. The van der Waals surface area contributed by atoms with E-state index >= 15 is 0 Å². The number of nitrogens with zero attached hydrogens (tertiary/aromatic N) is 1. The van der Waals surface area contributed by atoms with E-state index in [2.05, 4.69) is 20.7 Å². The second kappa shape index (κ2) is 14.1. The first-order chi connectivity index (χ1) is 12.5. The number of ether oxygens (including phenoxy) is 1. The molecular formula is C20H39NO5S. The van der Waals surface area contributed by atoms with Crippen molar-refractivity contribution in [3.05, 3.63) is 12.2 Å². The SMILES string of the molecule is C=C(C)C(=O)OCC[N+](C)(C)CCCCCCCCCCCCS(=O)(=O)[O-]. The van der Waals surface area contributed by atoms with Crippen molar-refractivity contribution in [2.24, 2.45) is 0 Å². The molecule has 160 valence electrons. The first-order valence-electron chi connectivity index (χ1n) is 10.1. The highest BCUT2D eigenvalue weighted by Gasteiger charge is 2.15. The maximum atomic E-state index is 11.4. The Labute approximate surface area is 166 Å². The predicted octanol–water partition coefficient (Wildman–Crippen LogP) is 3.63. The monoisotopic (exact) mass is 405 g/mol. The summed E-state index contributed by atoms with van der Waals surface area (Å²) in [4.78, 5) is 11.4. The van der Waals surface area contributed by atoms with Gasteiger partial charge in [-0.3, -0.25) is 0 Å². The highest BCUT2D eigenvalue weighted by atomic mass is 32.2. The van der Waals surface area contributed by atoms with Gasteiger partial charge in [0.25, 0.3) is 0 Å². The van der Waals surface area contributed by atoms with Gasteiger partial charge in [-0.1, -0.05) is 51.5 Å². The van der Waals surface area contributed by atoms with Crippen molar-refractivity contribution < 1.29 is 27.0 Å². The number of likely N-dealkylation sites (N-methyl/N-ethyl adjacent to an activating group) is 1. The van der Waals surface area contributed by atoms with Crippen LogP contribution in [-0.4, -0.2) is 63.0 Å². The number of hydrogen-bond acceptors (Lipinski definition) is 5. The van der Waals surface area contributed by atoms with Crippen molar-refractivity contribution >= 4 is 16.1 Å². The molecule has 6 nitrogen and oxygen atoms in total. The minimum Gasteiger partial charge on any atom is -0.748 e. The van der Waals surface area contributed by atoms with Crippen LogP contribution in [0.5, 0.6) is 0 Å². The third-order valence-electron chi connectivity index (χ3n) is 4.69. The number of quaternary nitrogens is 1.